The smallest absolute Gasteiger partial charge is 0.263 e. The molecule has 222 valence electrons. The van der Waals surface area contributed by atoms with Crippen LogP contribution in [0.5, 0.6) is 0 Å². The molecular formula is C34H37ClN6O2. The Kier molecular flexibility index (Phi) is 7.30. The Labute approximate surface area is 256 Å². The molecule has 2 saturated carbocycles. The number of Topliss-reactive ketones (excluding diaryl/α,β-unsaturated/α-hetero) is 1. The highest BCUT2D eigenvalue weighted by Gasteiger charge is 2.52. The van der Waals surface area contributed by atoms with Crippen LogP contribution in [-0.2, 0) is 12.4 Å². The van der Waals surface area contributed by atoms with Crippen molar-refractivity contribution in [2.24, 2.45) is 5.41 Å². The van der Waals surface area contributed by atoms with Gasteiger partial charge in [-0.25, -0.2) is 9.97 Å². The van der Waals surface area contributed by atoms with E-state index in [0.717, 1.165) is 56.3 Å². The number of aromatic nitrogens is 4. The van der Waals surface area contributed by atoms with E-state index in [2.05, 4.69) is 50.5 Å². The molecule has 3 fully saturated rings. The Bertz CT molecular complexity index is 1730. The molecule has 8 nitrogen and oxygen atoms in total. The van der Waals surface area contributed by atoms with Crippen LogP contribution in [0, 0.1) is 12.3 Å². The molecule has 1 spiro atoms. The molecule has 0 radical (unpaired) electrons. The molecule has 0 unspecified atom stereocenters. The first-order chi connectivity index (χ1) is 20.8. The summed E-state index contributed by atoms with van der Waals surface area (Å²) in [6.45, 7) is 6.58. The number of carbonyl (C=O) groups excluding carboxylic acids is 1. The van der Waals surface area contributed by atoms with Crippen LogP contribution in [0.3, 0.4) is 0 Å². The number of likely N-dealkylation sites (tertiary alicyclic amines) is 1. The van der Waals surface area contributed by atoms with Crippen molar-refractivity contribution >= 4 is 40.2 Å². The summed E-state index contributed by atoms with van der Waals surface area (Å²) in [6, 6.07) is 12.8. The molecule has 0 atom stereocenters. The molecule has 3 aromatic heterocycles. The van der Waals surface area contributed by atoms with Crippen molar-refractivity contribution < 1.29 is 4.79 Å². The second-order valence-electron chi connectivity index (χ2n) is 12.9. The number of rotatable bonds is 8. The maximum atomic E-state index is 13.5. The van der Waals surface area contributed by atoms with Gasteiger partial charge in [0.25, 0.3) is 5.56 Å². The number of halogens is 1. The zero-order chi connectivity index (χ0) is 29.7. The molecule has 4 aromatic rings. The first kappa shape index (κ1) is 28.2. The molecule has 4 heterocycles. The number of pyridine rings is 2. The van der Waals surface area contributed by atoms with E-state index in [0.29, 0.717) is 40.2 Å². The predicted molar refractivity (Wildman–Crippen MR) is 169 cm³/mol. The lowest BCUT2D eigenvalue weighted by atomic mass is 9.56. The first-order valence-electron chi connectivity index (χ1n) is 15.3. The SMILES string of the molecule is CC(=O)c1c(C)c2cnc(Nc3ccc(C4CC5(C4)CN(Cc4ccc(CCl)cc4)C5)cn3)nc2n(C2CCCC2)c1=O. The van der Waals surface area contributed by atoms with E-state index in [4.69, 9.17) is 16.6 Å². The number of aryl methyl sites for hydroxylation is 1. The third-order valence-corrected chi connectivity index (χ3v) is 10.1. The number of anilines is 2. The van der Waals surface area contributed by atoms with Gasteiger partial charge in [0.2, 0.25) is 5.95 Å². The molecule has 7 rings (SSSR count). The van der Waals surface area contributed by atoms with Crippen molar-refractivity contribution in [2.75, 3.05) is 18.4 Å². The molecule has 1 aromatic carbocycles. The van der Waals surface area contributed by atoms with Gasteiger partial charge in [-0.15, -0.1) is 11.6 Å². The van der Waals surface area contributed by atoms with Crippen molar-refractivity contribution in [1.82, 2.24) is 24.4 Å². The van der Waals surface area contributed by atoms with E-state index in [1.54, 1.807) is 10.8 Å². The zero-order valence-electron chi connectivity index (χ0n) is 24.8. The fourth-order valence-corrected chi connectivity index (χ4v) is 7.81. The lowest BCUT2D eigenvalue weighted by Crippen LogP contribution is -2.61. The van der Waals surface area contributed by atoms with Crippen LogP contribution in [0.2, 0.25) is 0 Å². The van der Waals surface area contributed by atoms with Crippen LogP contribution in [0.15, 0.2) is 53.6 Å². The van der Waals surface area contributed by atoms with Crippen LogP contribution in [0.25, 0.3) is 11.0 Å². The monoisotopic (exact) mass is 596 g/mol. The van der Waals surface area contributed by atoms with Gasteiger partial charge in [-0.1, -0.05) is 43.2 Å². The highest BCUT2D eigenvalue weighted by Crippen LogP contribution is 2.56. The van der Waals surface area contributed by atoms with E-state index >= 15 is 0 Å². The average Bonchev–Trinajstić information content (AvgIpc) is 3.49. The summed E-state index contributed by atoms with van der Waals surface area (Å²) < 4.78 is 1.74. The predicted octanol–water partition coefficient (Wildman–Crippen LogP) is 6.67. The molecule has 2 aliphatic carbocycles. The standard InChI is InChI=1S/C34H37ClN6O2/c1-21-28-17-37-33(39-31(28)41(27-5-3-4-6-27)32(43)30(21)22(2)42)38-29-12-11-25(16-36-29)26-13-34(14-26)19-40(20-34)18-24-9-7-23(15-35)8-10-24/h7-12,16-17,26-27H,3-6,13-15,18-20H2,1-2H3,(H,36,37,38,39). The van der Waals surface area contributed by atoms with Gasteiger partial charge in [-0.3, -0.25) is 19.1 Å². The molecule has 1 aliphatic heterocycles. The maximum absolute atomic E-state index is 13.5. The van der Waals surface area contributed by atoms with E-state index in [9.17, 15) is 9.59 Å². The van der Waals surface area contributed by atoms with Crippen LogP contribution >= 0.6 is 11.6 Å². The minimum absolute atomic E-state index is 0.0463. The average molecular weight is 597 g/mol. The quantitative estimate of drug-likeness (QED) is 0.179. The second-order valence-corrected chi connectivity index (χ2v) is 13.2. The number of hydrogen-bond donors (Lipinski definition) is 1. The highest BCUT2D eigenvalue weighted by atomic mass is 35.5. The van der Waals surface area contributed by atoms with Gasteiger partial charge < -0.3 is 5.32 Å². The molecule has 9 heteroatoms. The van der Waals surface area contributed by atoms with Crippen LogP contribution in [0.1, 0.15) is 90.0 Å². The Morgan fingerprint density at radius 2 is 1.74 bits per heavy atom. The number of hydrogen-bond acceptors (Lipinski definition) is 7. The maximum Gasteiger partial charge on any atom is 0.263 e. The Balaban J connectivity index is 1.02. The van der Waals surface area contributed by atoms with E-state index in [1.165, 1.54) is 30.9 Å². The second kappa shape index (κ2) is 11.1. The van der Waals surface area contributed by atoms with Crippen LogP contribution < -0.4 is 10.9 Å². The van der Waals surface area contributed by atoms with Crippen molar-refractivity contribution in [1.29, 1.82) is 0 Å². The normalized spacial score (nSPS) is 18.6. The topological polar surface area (TPSA) is 93.0 Å². The van der Waals surface area contributed by atoms with Gasteiger partial charge in [-0.2, -0.15) is 4.98 Å². The fraction of sp³-hybridized carbons (Fsp3) is 0.441. The van der Waals surface area contributed by atoms with Gasteiger partial charge >= 0.3 is 0 Å². The van der Waals surface area contributed by atoms with Gasteiger partial charge in [0.05, 0.1) is 5.56 Å². The van der Waals surface area contributed by atoms with Gasteiger partial charge in [0, 0.05) is 49.3 Å². The highest BCUT2D eigenvalue weighted by molar-refractivity contribution is 6.17. The van der Waals surface area contributed by atoms with Gasteiger partial charge in [0.15, 0.2) is 5.78 Å². The summed E-state index contributed by atoms with van der Waals surface area (Å²) in [6.07, 6.45) is 10.1. The largest absolute Gasteiger partial charge is 0.309 e. The van der Waals surface area contributed by atoms with Crippen molar-refractivity contribution in [3.05, 3.63) is 87.0 Å². The van der Waals surface area contributed by atoms with Crippen molar-refractivity contribution in [3.8, 4) is 0 Å². The van der Waals surface area contributed by atoms with Crippen LogP contribution in [0.4, 0.5) is 11.8 Å². The summed E-state index contributed by atoms with van der Waals surface area (Å²) in [5.41, 5.74) is 5.45. The van der Waals surface area contributed by atoms with Gasteiger partial charge in [0.1, 0.15) is 11.5 Å². The summed E-state index contributed by atoms with van der Waals surface area (Å²) in [5, 5.41) is 3.98. The minimum atomic E-state index is -0.245. The van der Waals surface area contributed by atoms with Gasteiger partial charge in [-0.05, 0) is 79.2 Å². The Morgan fingerprint density at radius 1 is 1.02 bits per heavy atom. The zero-order valence-corrected chi connectivity index (χ0v) is 25.5. The van der Waals surface area contributed by atoms with Crippen molar-refractivity contribution in [2.45, 2.75) is 76.8 Å². The summed E-state index contributed by atoms with van der Waals surface area (Å²) in [5.74, 6) is 1.94. The third-order valence-electron chi connectivity index (χ3n) is 9.81. The molecule has 1 saturated heterocycles. The Hall–Kier alpha value is -3.62. The number of nitrogens with one attached hydrogen (secondary N) is 1. The number of nitrogens with zero attached hydrogens (tertiary/aromatic N) is 5. The molecule has 0 amide bonds. The molecule has 1 N–H and O–H groups in total. The fourth-order valence-electron chi connectivity index (χ4n) is 7.63. The minimum Gasteiger partial charge on any atom is -0.309 e. The lowest BCUT2D eigenvalue weighted by Gasteiger charge is -2.59. The Morgan fingerprint density at radius 3 is 2.40 bits per heavy atom. The summed E-state index contributed by atoms with van der Waals surface area (Å²) in [7, 11) is 0. The number of carbonyl (C=O) groups is 1. The molecule has 0 bridgehead atoms. The summed E-state index contributed by atoms with van der Waals surface area (Å²) in [4.78, 5) is 42.4. The molecule has 3 aliphatic rings. The number of benzene rings is 1. The lowest BCUT2D eigenvalue weighted by molar-refractivity contribution is -0.0776. The van der Waals surface area contributed by atoms with Crippen LogP contribution in [-0.4, -0.2) is 43.3 Å². The number of alkyl halides is 1. The summed E-state index contributed by atoms with van der Waals surface area (Å²) >= 11 is 5.92. The number of ketones is 1. The van der Waals surface area contributed by atoms with E-state index < -0.39 is 0 Å². The van der Waals surface area contributed by atoms with E-state index in [1.807, 2.05) is 19.2 Å². The molecular weight excluding hydrogens is 560 g/mol. The number of fused-ring (bicyclic) bond motifs is 1. The first-order valence-corrected chi connectivity index (χ1v) is 15.9. The third kappa shape index (κ3) is 5.25. The molecule has 43 heavy (non-hydrogen) atoms. The van der Waals surface area contributed by atoms with Crippen molar-refractivity contribution in [3.63, 3.8) is 0 Å². The van der Waals surface area contributed by atoms with E-state index in [-0.39, 0.29) is 22.9 Å².